The molecule has 2 heteroatoms. The Morgan fingerprint density at radius 1 is 1.13 bits per heavy atom. The normalized spacial score (nSPS) is 12.6. The summed E-state index contributed by atoms with van der Waals surface area (Å²) in [6, 6.07) is 13.9. The van der Waals surface area contributed by atoms with Crippen molar-refractivity contribution in [3.8, 4) is 0 Å². The third-order valence-corrected chi connectivity index (χ3v) is 2.29. The molecule has 0 aliphatic carbocycles. The van der Waals surface area contributed by atoms with Gasteiger partial charge in [0.2, 0.25) is 0 Å². The van der Waals surface area contributed by atoms with Gasteiger partial charge in [-0.3, -0.25) is 0 Å². The Bertz CT molecular complexity index is 378. The van der Waals surface area contributed by atoms with Crippen LogP contribution in [0.1, 0.15) is 24.4 Å². The van der Waals surface area contributed by atoms with Crippen LogP contribution < -0.4 is 0 Å². The van der Waals surface area contributed by atoms with Crippen LogP contribution in [0.25, 0.3) is 0 Å². The van der Waals surface area contributed by atoms with Gasteiger partial charge < -0.3 is 9.15 Å². The standard InChI is InChI=1S/C13H14O2/c1-11(13-8-5-9-14-13)15-10-12-6-3-2-4-7-12/h2-9,11H,10H2,1H3. The molecule has 0 aliphatic heterocycles. The van der Waals surface area contributed by atoms with Gasteiger partial charge in [-0.2, -0.15) is 0 Å². The van der Waals surface area contributed by atoms with E-state index >= 15 is 0 Å². The van der Waals surface area contributed by atoms with Gasteiger partial charge in [0.25, 0.3) is 0 Å². The van der Waals surface area contributed by atoms with E-state index in [1.54, 1.807) is 6.26 Å². The number of benzene rings is 1. The zero-order valence-corrected chi connectivity index (χ0v) is 8.72. The summed E-state index contributed by atoms with van der Waals surface area (Å²) in [5.41, 5.74) is 1.18. The fraction of sp³-hybridized carbons (Fsp3) is 0.231. The van der Waals surface area contributed by atoms with Gasteiger partial charge in [0.1, 0.15) is 11.9 Å². The van der Waals surface area contributed by atoms with E-state index in [2.05, 4.69) is 12.1 Å². The van der Waals surface area contributed by atoms with E-state index < -0.39 is 0 Å². The first-order valence-electron chi connectivity index (χ1n) is 5.05. The SMILES string of the molecule is CC(OCc1ccccc1)c1ccco1. The summed E-state index contributed by atoms with van der Waals surface area (Å²) in [4.78, 5) is 0. The minimum atomic E-state index is 0.000191. The molecule has 15 heavy (non-hydrogen) atoms. The van der Waals surface area contributed by atoms with E-state index in [1.165, 1.54) is 5.56 Å². The second-order valence-electron chi connectivity index (χ2n) is 3.45. The van der Waals surface area contributed by atoms with Gasteiger partial charge in [-0.05, 0) is 24.6 Å². The maximum atomic E-state index is 5.68. The molecule has 0 bridgehead atoms. The van der Waals surface area contributed by atoms with Gasteiger partial charge in [0.15, 0.2) is 0 Å². The smallest absolute Gasteiger partial charge is 0.132 e. The van der Waals surface area contributed by atoms with Crippen LogP contribution in [0.4, 0.5) is 0 Å². The minimum Gasteiger partial charge on any atom is -0.467 e. The third-order valence-electron chi connectivity index (χ3n) is 2.29. The molecule has 0 saturated carbocycles. The first-order chi connectivity index (χ1) is 7.36. The molecule has 0 spiro atoms. The van der Waals surface area contributed by atoms with Crippen LogP contribution in [0, 0.1) is 0 Å². The van der Waals surface area contributed by atoms with E-state index in [-0.39, 0.29) is 6.10 Å². The van der Waals surface area contributed by atoms with Gasteiger partial charge in [0, 0.05) is 0 Å². The molecular weight excluding hydrogens is 188 g/mol. The average Bonchev–Trinajstić information content (AvgIpc) is 2.81. The minimum absolute atomic E-state index is 0.000191. The van der Waals surface area contributed by atoms with Gasteiger partial charge in [-0.1, -0.05) is 30.3 Å². The van der Waals surface area contributed by atoms with E-state index in [0.717, 1.165) is 5.76 Å². The number of hydrogen-bond acceptors (Lipinski definition) is 2. The monoisotopic (exact) mass is 202 g/mol. The van der Waals surface area contributed by atoms with Crippen molar-refractivity contribution in [3.05, 3.63) is 60.1 Å². The van der Waals surface area contributed by atoms with Crippen molar-refractivity contribution in [3.63, 3.8) is 0 Å². The Hall–Kier alpha value is -1.54. The van der Waals surface area contributed by atoms with Crippen molar-refractivity contribution in [2.75, 3.05) is 0 Å². The van der Waals surface area contributed by atoms with Gasteiger partial charge in [0.05, 0.1) is 12.9 Å². The predicted molar refractivity (Wildman–Crippen MR) is 58.4 cm³/mol. The molecule has 1 atom stereocenters. The molecule has 2 rings (SSSR count). The molecule has 0 aliphatic rings. The lowest BCUT2D eigenvalue weighted by Gasteiger charge is -2.10. The summed E-state index contributed by atoms with van der Waals surface area (Å²) in [6.45, 7) is 2.60. The Kier molecular flexibility index (Phi) is 3.20. The van der Waals surface area contributed by atoms with Gasteiger partial charge in [-0.25, -0.2) is 0 Å². The highest BCUT2D eigenvalue weighted by Crippen LogP contribution is 2.18. The average molecular weight is 202 g/mol. The first-order valence-corrected chi connectivity index (χ1v) is 5.05. The summed E-state index contributed by atoms with van der Waals surface area (Å²) in [5.74, 6) is 0.867. The summed E-state index contributed by atoms with van der Waals surface area (Å²) in [7, 11) is 0. The molecule has 2 aromatic rings. The Labute approximate surface area is 89.5 Å². The second kappa shape index (κ2) is 4.80. The molecule has 1 aromatic carbocycles. The highest BCUT2D eigenvalue weighted by molar-refractivity contribution is 5.13. The van der Waals surface area contributed by atoms with Crippen molar-refractivity contribution < 1.29 is 9.15 Å². The van der Waals surface area contributed by atoms with E-state index in [4.69, 9.17) is 9.15 Å². The molecule has 1 aromatic heterocycles. The van der Waals surface area contributed by atoms with E-state index in [9.17, 15) is 0 Å². The van der Waals surface area contributed by atoms with E-state index in [0.29, 0.717) is 6.61 Å². The topological polar surface area (TPSA) is 22.4 Å². The van der Waals surface area contributed by atoms with Crippen molar-refractivity contribution in [1.29, 1.82) is 0 Å². The number of ether oxygens (including phenoxy) is 1. The van der Waals surface area contributed by atoms with Crippen LogP contribution in [0.2, 0.25) is 0 Å². The summed E-state index contributed by atoms with van der Waals surface area (Å²) < 4.78 is 10.9. The lowest BCUT2D eigenvalue weighted by molar-refractivity contribution is 0.0382. The Morgan fingerprint density at radius 2 is 1.93 bits per heavy atom. The second-order valence-corrected chi connectivity index (χ2v) is 3.45. The van der Waals surface area contributed by atoms with Crippen molar-refractivity contribution >= 4 is 0 Å². The molecule has 0 N–H and O–H groups in total. The lowest BCUT2D eigenvalue weighted by Crippen LogP contribution is -1.98. The fourth-order valence-electron chi connectivity index (χ4n) is 1.40. The molecule has 2 nitrogen and oxygen atoms in total. The molecule has 78 valence electrons. The molecule has 0 radical (unpaired) electrons. The van der Waals surface area contributed by atoms with Crippen LogP contribution >= 0.6 is 0 Å². The number of rotatable bonds is 4. The van der Waals surface area contributed by atoms with Crippen LogP contribution in [0.15, 0.2) is 53.1 Å². The Balaban J connectivity index is 1.89. The highest BCUT2D eigenvalue weighted by Gasteiger charge is 2.07. The van der Waals surface area contributed by atoms with Crippen LogP contribution in [0.5, 0.6) is 0 Å². The molecule has 0 fully saturated rings. The van der Waals surface area contributed by atoms with Crippen LogP contribution in [-0.4, -0.2) is 0 Å². The number of hydrogen-bond donors (Lipinski definition) is 0. The van der Waals surface area contributed by atoms with Gasteiger partial charge >= 0.3 is 0 Å². The van der Waals surface area contributed by atoms with Crippen LogP contribution in [-0.2, 0) is 11.3 Å². The van der Waals surface area contributed by atoms with Crippen molar-refractivity contribution in [2.45, 2.75) is 19.6 Å². The molecule has 0 amide bonds. The maximum absolute atomic E-state index is 5.68. The Morgan fingerprint density at radius 3 is 2.60 bits per heavy atom. The number of furan rings is 1. The van der Waals surface area contributed by atoms with E-state index in [1.807, 2.05) is 37.3 Å². The molecule has 1 heterocycles. The fourth-order valence-corrected chi connectivity index (χ4v) is 1.40. The van der Waals surface area contributed by atoms with Crippen LogP contribution in [0.3, 0.4) is 0 Å². The largest absolute Gasteiger partial charge is 0.467 e. The molecule has 1 unspecified atom stereocenters. The summed E-state index contributed by atoms with van der Waals surface area (Å²) in [5, 5.41) is 0. The quantitative estimate of drug-likeness (QED) is 0.756. The maximum Gasteiger partial charge on any atom is 0.132 e. The lowest BCUT2D eigenvalue weighted by atomic mass is 10.2. The zero-order chi connectivity index (χ0) is 10.5. The third kappa shape index (κ3) is 2.70. The molecule has 0 saturated heterocycles. The predicted octanol–water partition coefficient (Wildman–Crippen LogP) is 3.56. The summed E-state index contributed by atoms with van der Waals surface area (Å²) in [6.07, 6.45) is 1.66. The van der Waals surface area contributed by atoms with Crippen molar-refractivity contribution in [1.82, 2.24) is 0 Å². The van der Waals surface area contributed by atoms with Gasteiger partial charge in [-0.15, -0.1) is 0 Å². The molecular formula is C13H14O2. The summed E-state index contributed by atoms with van der Waals surface area (Å²) >= 11 is 0. The van der Waals surface area contributed by atoms with Crippen molar-refractivity contribution in [2.24, 2.45) is 0 Å². The zero-order valence-electron chi connectivity index (χ0n) is 8.72. The highest BCUT2D eigenvalue weighted by atomic mass is 16.5. The first kappa shape index (κ1) is 9.99.